The van der Waals surface area contributed by atoms with Crippen LogP contribution in [0.2, 0.25) is 0 Å². The Hall–Kier alpha value is -2.31. The molecule has 4 rings (SSSR count). The average molecular weight is 296 g/mol. The molecule has 21 heavy (non-hydrogen) atoms. The van der Waals surface area contributed by atoms with Gasteiger partial charge in [0, 0.05) is 6.42 Å². The predicted octanol–water partition coefficient (Wildman–Crippen LogP) is 2.42. The van der Waals surface area contributed by atoms with Crippen LogP contribution >= 0.6 is 11.3 Å². The third-order valence-corrected chi connectivity index (χ3v) is 4.22. The second-order valence-electron chi connectivity index (χ2n) is 4.83. The minimum atomic E-state index is -0.0691. The van der Waals surface area contributed by atoms with Crippen molar-refractivity contribution in [3.05, 3.63) is 59.0 Å². The Morgan fingerprint density at radius 2 is 2.10 bits per heavy atom. The molecular formula is C15H12N4OS. The van der Waals surface area contributed by atoms with Gasteiger partial charge in [0.05, 0.1) is 39.9 Å². The summed E-state index contributed by atoms with van der Waals surface area (Å²) in [4.78, 5) is 8.64. The van der Waals surface area contributed by atoms with Crippen molar-refractivity contribution in [2.45, 2.75) is 13.0 Å². The van der Waals surface area contributed by atoms with E-state index >= 15 is 0 Å². The molecule has 0 atom stereocenters. The van der Waals surface area contributed by atoms with Crippen molar-refractivity contribution in [3.8, 4) is 0 Å². The van der Waals surface area contributed by atoms with Gasteiger partial charge in [-0.15, -0.1) is 11.3 Å². The van der Waals surface area contributed by atoms with Gasteiger partial charge in [0.15, 0.2) is 5.65 Å². The van der Waals surface area contributed by atoms with Gasteiger partial charge in [0.2, 0.25) is 0 Å². The Balaban J connectivity index is 1.75. The van der Waals surface area contributed by atoms with Crippen molar-refractivity contribution in [1.29, 1.82) is 0 Å². The Morgan fingerprint density at radius 1 is 1.14 bits per heavy atom. The molecule has 0 amide bonds. The van der Waals surface area contributed by atoms with Gasteiger partial charge in [-0.2, -0.15) is 5.10 Å². The zero-order valence-corrected chi connectivity index (χ0v) is 11.9. The van der Waals surface area contributed by atoms with E-state index < -0.39 is 0 Å². The van der Waals surface area contributed by atoms with E-state index in [-0.39, 0.29) is 6.61 Å². The quantitative estimate of drug-likeness (QED) is 0.630. The van der Waals surface area contributed by atoms with Crippen molar-refractivity contribution >= 4 is 27.2 Å². The number of fused-ring (bicyclic) bond motifs is 2. The number of hydrogen-bond acceptors (Lipinski definition) is 5. The summed E-state index contributed by atoms with van der Waals surface area (Å²) in [5, 5.41) is 13.6. The smallest absolute Gasteiger partial charge is 0.153 e. The van der Waals surface area contributed by atoms with Gasteiger partial charge in [-0.1, -0.05) is 6.07 Å². The second kappa shape index (κ2) is 4.91. The van der Waals surface area contributed by atoms with Crippen LogP contribution < -0.4 is 0 Å². The van der Waals surface area contributed by atoms with Crippen molar-refractivity contribution in [2.24, 2.45) is 0 Å². The van der Waals surface area contributed by atoms with Crippen molar-refractivity contribution in [1.82, 2.24) is 19.6 Å². The number of aliphatic hydroxyl groups excluding tert-OH is 1. The standard InChI is InChI=1S/C15H12N4OS/c20-8-11-2-4-15-16-7-12(19(15)18-11)5-10-1-3-13-14(6-10)21-9-17-13/h1-4,6-7,9,20H,5,8H2. The van der Waals surface area contributed by atoms with Crippen LogP contribution in [0.15, 0.2) is 42.0 Å². The molecule has 104 valence electrons. The Morgan fingerprint density at radius 3 is 3.00 bits per heavy atom. The third-order valence-electron chi connectivity index (χ3n) is 3.43. The van der Waals surface area contributed by atoms with Crippen molar-refractivity contribution in [2.75, 3.05) is 0 Å². The fourth-order valence-electron chi connectivity index (χ4n) is 2.38. The maximum absolute atomic E-state index is 9.21. The molecule has 6 heteroatoms. The maximum Gasteiger partial charge on any atom is 0.153 e. The van der Waals surface area contributed by atoms with Crippen LogP contribution in [-0.2, 0) is 13.0 Å². The van der Waals surface area contributed by atoms with Gasteiger partial charge >= 0.3 is 0 Å². The zero-order valence-electron chi connectivity index (χ0n) is 11.1. The number of nitrogens with zero attached hydrogens (tertiary/aromatic N) is 4. The molecular weight excluding hydrogens is 284 g/mol. The minimum Gasteiger partial charge on any atom is -0.390 e. The lowest BCUT2D eigenvalue weighted by molar-refractivity contribution is 0.275. The molecule has 0 spiro atoms. The van der Waals surface area contributed by atoms with Gasteiger partial charge in [0.1, 0.15) is 0 Å². The molecule has 0 aliphatic rings. The molecule has 0 bridgehead atoms. The highest BCUT2D eigenvalue weighted by molar-refractivity contribution is 7.16. The topological polar surface area (TPSA) is 63.3 Å². The molecule has 3 aromatic heterocycles. The molecule has 1 aromatic carbocycles. The molecule has 1 N–H and O–H groups in total. The van der Waals surface area contributed by atoms with Crippen LogP contribution in [0.5, 0.6) is 0 Å². The van der Waals surface area contributed by atoms with E-state index in [1.807, 2.05) is 23.8 Å². The van der Waals surface area contributed by atoms with Gasteiger partial charge in [0.25, 0.3) is 0 Å². The monoisotopic (exact) mass is 296 g/mol. The number of benzene rings is 1. The fraction of sp³-hybridized carbons (Fsp3) is 0.133. The molecule has 0 aliphatic carbocycles. The van der Waals surface area contributed by atoms with Gasteiger partial charge in [-0.05, 0) is 29.8 Å². The zero-order chi connectivity index (χ0) is 14.2. The SMILES string of the molecule is OCc1ccc2ncc(Cc3ccc4ncsc4c3)n2n1. The average Bonchev–Trinajstić information content (AvgIpc) is 3.13. The summed E-state index contributed by atoms with van der Waals surface area (Å²) in [7, 11) is 0. The highest BCUT2D eigenvalue weighted by atomic mass is 32.1. The van der Waals surface area contributed by atoms with E-state index in [9.17, 15) is 5.11 Å². The van der Waals surface area contributed by atoms with Crippen LogP contribution in [0.1, 0.15) is 17.0 Å². The van der Waals surface area contributed by atoms with Gasteiger partial charge in [-0.25, -0.2) is 14.5 Å². The number of thiazole rings is 1. The first-order chi connectivity index (χ1) is 10.3. The predicted molar refractivity (Wildman–Crippen MR) is 81.3 cm³/mol. The lowest BCUT2D eigenvalue weighted by Crippen LogP contribution is -2.02. The van der Waals surface area contributed by atoms with E-state index in [1.54, 1.807) is 21.9 Å². The largest absolute Gasteiger partial charge is 0.390 e. The minimum absolute atomic E-state index is 0.0691. The number of imidazole rings is 1. The molecule has 4 aromatic rings. The number of hydrogen-bond donors (Lipinski definition) is 1. The summed E-state index contributed by atoms with van der Waals surface area (Å²) < 4.78 is 2.98. The Kier molecular flexibility index (Phi) is 2.90. The first-order valence-corrected chi connectivity index (χ1v) is 7.47. The molecule has 0 saturated carbocycles. The summed E-state index contributed by atoms with van der Waals surface area (Å²) in [5.41, 5.74) is 6.52. The van der Waals surface area contributed by atoms with Crippen LogP contribution in [0, 0.1) is 0 Å². The summed E-state index contributed by atoms with van der Waals surface area (Å²) in [6.45, 7) is -0.0691. The van der Waals surface area contributed by atoms with E-state index in [1.165, 1.54) is 10.3 Å². The highest BCUT2D eigenvalue weighted by Gasteiger charge is 2.07. The first-order valence-electron chi connectivity index (χ1n) is 6.59. The summed E-state index contributed by atoms with van der Waals surface area (Å²) in [5.74, 6) is 0. The van der Waals surface area contributed by atoms with Gasteiger partial charge < -0.3 is 5.11 Å². The number of aromatic nitrogens is 4. The molecule has 0 saturated heterocycles. The molecule has 5 nitrogen and oxygen atoms in total. The lowest BCUT2D eigenvalue weighted by atomic mass is 10.1. The van der Waals surface area contributed by atoms with Crippen LogP contribution in [0.25, 0.3) is 15.9 Å². The van der Waals surface area contributed by atoms with E-state index in [0.29, 0.717) is 5.69 Å². The lowest BCUT2D eigenvalue weighted by Gasteiger charge is -2.03. The van der Waals surface area contributed by atoms with E-state index in [2.05, 4.69) is 27.2 Å². The molecule has 0 aliphatic heterocycles. The van der Waals surface area contributed by atoms with E-state index in [0.717, 1.165) is 23.3 Å². The van der Waals surface area contributed by atoms with Crippen molar-refractivity contribution < 1.29 is 5.11 Å². The van der Waals surface area contributed by atoms with Crippen LogP contribution in [0.3, 0.4) is 0 Å². The normalized spacial score (nSPS) is 11.5. The Bertz CT molecular complexity index is 928. The second-order valence-corrected chi connectivity index (χ2v) is 5.72. The molecule has 0 unspecified atom stereocenters. The summed E-state index contributed by atoms with van der Waals surface area (Å²) >= 11 is 1.64. The third kappa shape index (κ3) is 2.18. The molecule has 0 radical (unpaired) electrons. The van der Waals surface area contributed by atoms with Crippen LogP contribution in [-0.4, -0.2) is 24.7 Å². The summed E-state index contributed by atoms with van der Waals surface area (Å²) in [6.07, 6.45) is 2.58. The summed E-state index contributed by atoms with van der Waals surface area (Å²) in [6, 6.07) is 9.93. The van der Waals surface area contributed by atoms with Crippen LogP contribution in [0.4, 0.5) is 0 Å². The maximum atomic E-state index is 9.21. The number of rotatable bonds is 3. The first kappa shape index (κ1) is 12.4. The Labute approximate surface area is 124 Å². The highest BCUT2D eigenvalue weighted by Crippen LogP contribution is 2.21. The molecule has 3 heterocycles. The molecule has 0 fully saturated rings. The van der Waals surface area contributed by atoms with Crippen molar-refractivity contribution in [3.63, 3.8) is 0 Å². The van der Waals surface area contributed by atoms with E-state index in [4.69, 9.17) is 0 Å². The van der Waals surface area contributed by atoms with Gasteiger partial charge in [-0.3, -0.25) is 0 Å². The number of aliphatic hydroxyl groups is 1. The fourth-order valence-corrected chi connectivity index (χ4v) is 3.12.